The summed E-state index contributed by atoms with van der Waals surface area (Å²) in [5.74, 6) is -0.979. The van der Waals surface area contributed by atoms with E-state index in [2.05, 4.69) is 5.32 Å². The number of aryl methyl sites for hydroxylation is 1. The second-order valence-corrected chi connectivity index (χ2v) is 4.78. The number of aliphatic hydroxyl groups is 1. The maximum Gasteiger partial charge on any atom is 0.331 e. The zero-order valence-electron chi connectivity index (χ0n) is 12.6. The van der Waals surface area contributed by atoms with Gasteiger partial charge in [-0.2, -0.15) is 0 Å². The Morgan fingerprint density at radius 1 is 1.24 bits per heavy atom. The van der Waals surface area contributed by atoms with Crippen LogP contribution < -0.4 is 5.32 Å². The fourth-order valence-electron chi connectivity index (χ4n) is 1.95. The van der Waals surface area contributed by atoms with Crippen molar-refractivity contribution in [2.45, 2.75) is 39.2 Å². The van der Waals surface area contributed by atoms with E-state index in [-0.39, 0.29) is 12.5 Å². The van der Waals surface area contributed by atoms with Crippen LogP contribution in [-0.4, -0.2) is 36.2 Å². The Hall–Kier alpha value is -1.88. The Kier molecular flexibility index (Phi) is 7.46. The second kappa shape index (κ2) is 9.13. The fraction of sp³-hybridized carbons (Fsp3) is 0.500. The van der Waals surface area contributed by atoms with Crippen LogP contribution in [-0.2, 0) is 16.0 Å². The molecule has 21 heavy (non-hydrogen) atoms. The van der Waals surface area contributed by atoms with Gasteiger partial charge < -0.3 is 15.2 Å². The summed E-state index contributed by atoms with van der Waals surface area (Å²) in [6.45, 7) is 3.70. The molecule has 0 aliphatic carbocycles. The normalized spacial score (nSPS) is 11.8. The molecular formula is C16H23NO4. The Morgan fingerprint density at radius 2 is 1.95 bits per heavy atom. The highest BCUT2D eigenvalue weighted by Gasteiger charge is 2.22. The Labute approximate surface area is 125 Å². The molecule has 0 aliphatic rings. The molecule has 0 unspecified atom stereocenters. The lowest BCUT2D eigenvalue weighted by molar-refractivity contribution is -0.146. The summed E-state index contributed by atoms with van der Waals surface area (Å²) in [7, 11) is 0. The molecule has 1 aromatic carbocycles. The summed E-state index contributed by atoms with van der Waals surface area (Å²) in [4.78, 5) is 24.0. The Balaban J connectivity index is 2.76. The minimum Gasteiger partial charge on any atom is -0.464 e. The summed E-state index contributed by atoms with van der Waals surface area (Å²) < 4.78 is 4.95. The number of hydrogen-bond acceptors (Lipinski definition) is 4. The topological polar surface area (TPSA) is 75.6 Å². The van der Waals surface area contributed by atoms with E-state index in [9.17, 15) is 14.7 Å². The number of aliphatic hydroxyl groups excluding tert-OH is 1. The number of carbonyl (C=O) groups excluding carboxylic acids is 2. The van der Waals surface area contributed by atoms with Gasteiger partial charge in [-0.15, -0.1) is 0 Å². The van der Waals surface area contributed by atoms with Crippen LogP contribution in [0.2, 0.25) is 0 Å². The monoisotopic (exact) mass is 293 g/mol. The van der Waals surface area contributed by atoms with Crippen molar-refractivity contribution in [1.82, 2.24) is 5.32 Å². The largest absolute Gasteiger partial charge is 0.464 e. The Morgan fingerprint density at radius 3 is 2.57 bits per heavy atom. The molecule has 0 spiro atoms. The van der Waals surface area contributed by atoms with Crippen LogP contribution in [0.4, 0.5) is 0 Å². The predicted octanol–water partition coefficient (Wildman–Crippen LogP) is 1.68. The summed E-state index contributed by atoms with van der Waals surface area (Å²) in [5, 5.41) is 11.8. The van der Waals surface area contributed by atoms with Crippen LogP contribution >= 0.6 is 0 Å². The quantitative estimate of drug-likeness (QED) is 0.715. The zero-order chi connectivity index (χ0) is 15.7. The van der Waals surface area contributed by atoms with Gasteiger partial charge in [-0.1, -0.05) is 38.5 Å². The third-order valence-electron chi connectivity index (χ3n) is 3.00. The molecule has 1 atom stereocenters. The highest BCUT2D eigenvalue weighted by Crippen LogP contribution is 2.11. The first-order chi connectivity index (χ1) is 10.1. The van der Waals surface area contributed by atoms with Gasteiger partial charge in [0, 0.05) is 5.56 Å². The molecule has 5 nitrogen and oxygen atoms in total. The molecule has 1 amide bonds. The van der Waals surface area contributed by atoms with Crippen LogP contribution in [0.15, 0.2) is 24.3 Å². The zero-order valence-corrected chi connectivity index (χ0v) is 12.6. The smallest absolute Gasteiger partial charge is 0.331 e. The van der Waals surface area contributed by atoms with Crippen LogP contribution in [0.3, 0.4) is 0 Å². The van der Waals surface area contributed by atoms with E-state index in [1.807, 2.05) is 26.0 Å². The first-order valence-corrected chi connectivity index (χ1v) is 7.30. The van der Waals surface area contributed by atoms with E-state index in [1.54, 1.807) is 12.1 Å². The molecule has 0 bridgehead atoms. The van der Waals surface area contributed by atoms with Crippen molar-refractivity contribution in [3.05, 3.63) is 35.4 Å². The van der Waals surface area contributed by atoms with Crippen LogP contribution in [0.25, 0.3) is 0 Å². The van der Waals surface area contributed by atoms with Gasteiger partial charge in [-0.25, -0.2) is 4.79 Å². The lowest BCUT2D eigenvalue weighted by atomic mass is 10.0. The average Bonchev–Trinajstić information content (AvgIpc) is 2.50. The minimum atomic E-state index is -1.03. The molecule has 1 aromatic rings. The molecule has 0 aromatic heterocycles. The lowest BCUT2D eigenvalue weighted by Crippen LogP contribution is -2.44. The van der Waals surface area contributed by atoms with Gasteiger partial charge in [0.15, 0.2) is 6.04 Å². The van der Waals surface area contributed by atoms with Crippen molar-refractivity contribution < 1.29 is 19.4 Å². The molecule has 0 saturated heterocycles. The van der Waals surface area contributed by atoms with Crippen molar-refractivity contribution in [2.24, 2.45) is 0 Å². The van der Waals surface area contributed by atoms with E-state index in [0.717, 1.165) is 18.4 Å². The number of ether oxygens (including phenoxy) is 1. The maximum absolute atomic E-state index is 12.3. The summed E-state index contributed by atoms with van der Waals surface area (Å²) >= 11 is 0. The van der Waals surface area contributed by atoms with Crippen LogP contribution in [0.1, 0.15) is 42.6 Å². The third kappa shape index (κ3) is 5.19. The summed E-state index contributed by atoms with van der Waals surface area (Å²) in [5.41, 5.74) is 1.46. The van der Waals surface area contributed by atoms with Crippen LogP contribution in [0.5, 0.6) is 0 Å². The lowest BCUT2D eigenvalue weighted by Gasteiger charge is -2.16. The van der Waals surface area contributed by atoms with Crippen molar-refractivity contribution >= 4 is 11.9 Å². The van der Waals surface area contributed by atoms with Crippen LogP contribution in [0, 0.1) is 0 Å². The van der Waals surface area contributed by atoms with Crippen molar-refractivity contribution in [1.29, 1.82) is 0 Å². The maximum atomic E-state index is 12.3. The van der Waals surface area contributed by atoms with E-state index < -0.39 is 18.6 Å². The van der Waals surface area contributed by atoms with Gasteiger partial charge in [0.25, 0.3) is 5.91 Å². The van der Waals surface area contributed by atoms with Crippen molar-refractivity contribution in [3.63, 3.8) is 0 Å². The third-order valence-corrected chi connectivity index (χ3v) is 3.00. The number of hydrogen-bond donors (Lipinski definition) is 2. The minimum absolute atomic E-state index is 0.275. The molecule has 0 aliphatic heterocycles. The Bertz CT molecular complexity index is 473. The molecule has 0 fully saturated rings. The number of rotatable bonds is 8. The van der Waals surface area contributed by atoms with E-state index in [0.29, 0.717) is 12.0 Å². The SMILES string of the molecule is CCCOC(=O)[C@H](CO)NC(=O)c1ccccc1CCC. The molecule has 116 valence electrons. The molecule has 2 N–H and O–H groups in total. The second-order valence-electron chi connectivity index (χ2n) is 4.78. The standard InChI is InChI=1S/C16H23NO4/c1-3-7-12-8-5-6-9-13(12)15(19)17-14(11-18)16(20)21-10-4-2/h5-6,8-9,14,18H,3-4,7,10-11H2,1-2H3,(H,17,19)/t14-/m0/s1. The number of carbonyl (C=O) groups is 2. The first kappa shape index (κ1) is 17.2. The molecular weight excluding hydrogens is 270 g/mol. The van der Waals surface area contributed by atoms with Gasteiger partial charge in [0.05, 0.1) is 13.2 Å². The molecule has 5 heteroatoms. The number of amides is 1. The molecule has 0 saturated carbocycles. The van der Waals surface area contributed by atoms with Gasteiger partial charge in [0.1, 0.15) is 0 Å². The van der Waals surface area contributed by atoms with E-state index in [1.165, 1.54) is 0 Å². The molecule has 0 radical (unpaired) electrons. The highest BCUT2D eigenvalue weighted by atomic mass is 16.5. The molecule has 1 rings (SSSR count). The molecule has 0 heterocycles. The highest BCUT2D eigenvalue weighted by molar-refractivity contribution is 5.98. The summed E-state index contributed by atoms with van der Waals surface area (Å²) in [6, 6.07) is 6.23. The van der Waals surface area contributed by atoms with Gasteiger partial charge in [-0.05, 0) is 24.5 Å². The predicted molar refractivity (Wildman–Crippen MR) is 80.0 cm³/mol. The van der Waals surface area contributed by atoms with E-state index >= 15 is 0 Å². The van der Waals surface area contributed by atoms with Gasteiger partial charge >= 0.3 is 5.97 Å². The summed E-state index contributed by atoms with van der Waals surface area (Å²) in [6.07, 6.45) is 2.40. The number of nitrogens with one attached hydrogen (secondary N) is 1. The van der Waals surface area contributed by atoms with Gasteiger partial charge in [0.2, 0.25) is 0 Å². The van der Waals surface area contributed by atoms with Crippen molar-refractivity contribution in [2.75, 3.05) is 13.2 Å². The first-order valence-electron chi connectivity index (χ1n) is 7.30. The number of esters is 1. The van der Waals surface area contributed by atoms with Crippen molar-refractivity contribution in [3.8, 4) is 0 Å². The fourth-order valence-corrected chi connectivity index (χ4v) is 1.95. The number of benzene rings is 1. The van der Waals surface area contributed by atoms with Gasteiger partial charge in [-0.3, -0.25) is 4.79 Å². The average molecular weight is 293 g/mol. The van der Waals surface area contributed by atoms with E-state index in [4.69, 9.17) is 4.74 Å².